The Morgan fingerprint density at radius 2 is 1.96 bits per heavy atom. The highest BCUT2D eigenvalue weighted by molar-refractivity contribution is 5.93. The van der Waals surface area contributed by atoms with Gasteiger partial charge < -0.3 is 10.4 Å². The normalized spacial score (nSPS) is 14.8. The molecule has 0 saturated carbocycles. The number of benzene rings is 2. The lowest BCUT2D eigenvalue weighted by Gasteiger charge is -2.26. The molecule has 4 nitrogen and oxygen atoms in total. The highest BCUT2D eigenvalue weighted by atomic mass is 16.3. The second-order valence-electron chi connectivity index (χ2n) is 6.77. The van der Waals surface area contributed by atoms with Gasteiger partial charge in [0, 0.05) is 18.8 Å². The van der Waals surface area contributed by atoms with Crippen LogP contribution in [-0.4, -0.2) is 35.5 Å². The predicted octanol–water partition coefficient (Wildman–Crippen LogP) is 3.99. The summed E-state index contributed by atoms with van der Waals surface area (Å²) in [6, 6.07) is 13.4. The minimum Gasteiger partial charge on any atom is -0.508 e. The summed E-state index contributed by atoms with van der Waals surface area (Å²) in [6.07, 6.45) is 3.98. The molecule has 1 aliphatic rings. The Kier molecular flexibility index (Phi) is 5.74. The first kappa shape index (κ1) is 18.2. The van der Waals surface area contributed by atoms with Gasteiger partial charge in [-0.25, -0.2) is 0 Å². The van der Waals surface area contributed by atoms with Gasteiger partial charge >= 0.3 is 0 Å². The van der Waals surface area contributed by atoms with E-state index in [1.54, 1.807) is 12.1 Å². The third-order valence-electron chi connectivity index (χ3n) is 4.90. The van der Waals surface area contributed by atoms with Crippen LogP contribution in [0.3, 0.4) is 0 Å². The van der Waals surface area contributed by atoms with Gasteiger partial charge in [0.05, 0.1) is 6.54 Å². The molecule has 4 heteroatoms. The van der Waals surface area contributed by atoms with Crippen molar-refractivity contribution in [1.82, 2.24) is 4.90 Å². The van der Waals surface area contributed by atoms with Crippen molar-refractivity contribution in [1.29, 1.82) is 0 Å². The number of aromatic hydroxyl groups is 1. The molecule has 0 radical (unpaired) electrons. The topological polar surface area (TPSA) is 52.6 Å². The maximum atomic E-state index is 12.5. The maximum absolute atomic E-state index is 12.5. The Bertz CT molecular complexity index is 809. The first-order valence-corrected chi connectivity index (χ1v) is 9.16. The van der Waals surface area contributed by atoms with Crippen LogP contribution in [0, 0.1) is 6.92 Å². The monoisotopic (exact) mass is 350 g/mol. The zero-order chi connectivity index (χ0) is 18.5. The Hall–Kier alpha value is -2.59. The smallest absolute Gasteiger partial charge is 0.238 e. The van der Waals surface area contributed by atoms with Gasteiger partial charge in [-0.2, -0.15) is 0 Å². The zero-order valence-corrected chi connectivity index (χ0v) is 15.5. The van der Waals surface area contributed by atoms with Gasteiger partial charge in [-0.05, 0) is 54.2 Å². The van der Waals surface area contributed by atoms with Crippen molar-refractivity contribution >= 4 is 17.2 Å². The fraction of sp³-hybridized carbons (Fsp3) is 0.318. The van der Waals surface area contributed by atoms with Crippen molar-refractivity contribution in [2.24, 2.45) is 0 Å². The van der Waals surface area contributed by atoms with E-state index < -0.39 is 0 Å². The summed E-state index contributed by atoms with van der Waals surface area (Å²) in [5.74, 6) is 0.321. The number of phenolic OH excluding ortho intramolecular Hbond substituents is 1. The van der Waals surface area contributed by atoms with E-state index in [1.807, 2.05) is 31.2 Å². The fourth-order valence-corrected chi connectivity index (χ4v) is 3.38. The van der Waals surface area contributed by atoms with E-state index in [0.29, 0.717) is 6.54 Å². The number of amides is 1. The number of carbonyl (C=O) groups is 1. The van der Waals surface area contributed by atoms with Crippen LogP contribution in [-0.2, 0) is 11.2 Å². The van der Waals surface area contributed by atoms with Crippen LogP contribution in [0.1, 0.15) is 30.0 Å². The Labute approximate surface area is 155 Å². The molecule has 0 atom stereocenters. The molecule has 26 heavy (non-hydrogen) atoms. The molecule has 1 aliphatic heterocycles. The molecule has 0 saturated heterocycles. The van der Waals surface area contributed by atoms with Crippen molar-refractivity contribution in [3.63, 3.8) is 0 Å². The molecule has 0 unspecified atom stereocenters. The lowest BCUT2D eigenvalue weighted by Crippen LogP contribution is -2.36. The number of nitrogens with zero attached hydrogens (tertiary/aromatic N) is 1. The number of carbonyl (C=O) groups excluding carboxylic acids is 1. The van der Waals surface area contributed by atoms with Crippen LogP contribution in [0.5, 0.6) is 5.75 Å². The lowest BCUT2D eigenvalue weighted by molar-refractivity contribution is -0.117. The van der Waals surface area contributed by atoms with Gasteiger partial charge in [-0.3, -0.25) is 9.69 Å². The summed E-state index contributed by atoms with van der Waals surface area (Å²) >= 11 is 0. The highest BCUT2D eigenvalue weighted by Gasteiger charge is 2.17. The molecule has 3 rings (SSSR count). The molecule has 1 heterocycles. The minimum absolute atomic E-state index is 0.0375. The van der Waals surface area contributed by atoms with E-state index in [2.05, 4.69) is 29.3 Å². The van der Waals surface area contributed by atoms with E-state index in [9.17, 15) is 9.90 Å². The predicted molar refractivity (Wildman–Crippen MR) is 106 cm³/mol. The summed E-state index contributed by atoms with van der Waals surface area (Å²) in [5.41, 5.74) is 5.64. The quantitative estimate of drug-likeness (QED) is 0.857. The molecule has 2 N–H and O–H groups in total. The molecule has 0 aliphatic carbocycles. The first-order chi connectivity index (χ1) is 12.6. The molecule has 0 fully saturated rings. The van der Waals surface area contributed by atoms with Gasteiger partial charge in [0.2, 0.25) is 5.91 Å². The number of phenols is 1. The van der Waals surface area contributed by atoms with Crippen molar-refractivity contribution < 1.29 is 9.90 Å². The van der Waals surface area contributed by atoms with E-state index in [1.165, 1.54) is 11.1 Å². The van der Waals surface area contributed by atoms with Crippen LogP contribution < -0.4 is 5.32 Å². The number of para-hydroxylation sites is 1. The van der Waals surface area contributed by atoms with Gasteiger partial charge in [0.15, 0.2) is 0 Å². The number of rotatable bonds is 5. The van der Waals surface area contributed by atoms with E-state index in [0.717, 1.165) is 42.7 Å². The Morgan fingerprint density at radius 1 is 1.19 bits per heavy atom. The lowest BCUT2D eigenvalue weighted by atomic mass is 9.99. The van der Waals surface area contributed by atoms with Crippen molar-refractivity contribution in [3.05, 3.63) is 65.2 Å². The number of hydrogen-bond acceptors (Lipinski definition) is 3. The fourth-order valence-electron chi connectivity index (χ4n) is 3.38. The summed E-state index contributed by atoms with van der Waals surface area (Å²) in [7, 11) is 0. The molecule has 136 valence electrons. The van der Waals surface area contributed by atoms with Crippen LogP contribution in [0.15, 0.2) is 48.5 Å². The second kappa shape index (κ2) is 8.19. The van der Waals surface area contributed by atoms with Crippen LogP contribution >= 0.6 is 0 Å². The molecular weight excluding hydrogens is 324 g/mol. The van der Waals surface area contributed by atoms with Crippen LogP contribution in [0.25, 0.3) is 5.57 Å². The number of nitrogens with one attached hydrogen (secondary N) is 1. The Morgan fingerprint density at radius 3 is 2.62 bits per heavy atom. The second-order valence-corrected chi connectivity index (χ2v) is 6.77. The number of aryl methyl sites for hydroxylation is 2. The van der Waals surface area contributed by atoms with Crippen LogP contribution in [0.4, 0.5) is 5.69 Å². The van der Waals surface area contributed by atoms with Gasteiger partial charge in [-0.1, -0.05) is 43.3 Å². The average molecular weight is 350 g/mol. The van der Waals surface area contributed by atoms with E-state index in [4.69, 9.17) is 0 Å². The summed E-state index contributed by atoms with van der Waals surface area (Å²) < 4.78 is 0. The first-order valence-electron chi connectivity index (χ1n) is 9.16. The minimum atomic E-state index is 0.0375. The zero-order valence-electron chi connectivity index (χ0n) is 15.5. The largest absolute Gasteiger partial charge is 0.508 e. The average Bonchev–Trinajstić information content (AvgIpc) is 2.65. The van der Waals surface area contributed by atoms with Gasteiger partial charge in [-0.15, -0.1) is 0 Å². The standard InChI is InChI=1S/C22H26N2O2/c1-3-17-6-4-5-16(2)22(17)23-21(26)15-24-13-11-19(12-14-24)18-7-9-20(25)10-8-18/h4-11,25H,3,12-15H2,1-2H3,(H,23,26). The van der Waals surface area contributed by atoms with Crippen molar-refractivity contribution in [2.45, 2.75) is 26.7 Å². The molecule has 1 amide bonds. The van der Waals surface area contributed by atoms with Crippen molar-refractivity contribution in [3.8, 4) is 5.75 Å². The summed E-state index contributed by atoms with van der Waals surface area (Å²) in [5, 5.41) is 12.5. The third kappa shape index (κ3) is 4.33. The van der Waals surface area contributed by atoms with Gasteiger partial charge in [0.25, 0.3) is 0 Å². The molecule has 2 aromatic carbocycles. The van der Waals surface area contributed by atoms with Crippen molar-refractivity contribution in [2.75, 3.05) is 25.0 Å². The maximum Gasteiger partial charge on any atom is 0.238 e. The summed E-state index contributed by atoms with van der Waals surface area (Å²) in [6.45, 7) is 6.15. The highest BCUT2D eigenvalue weighted by Crippen LogP contribution is 2.24. The Balaban J connectivity index is 1.59. The van der Waals surface area contributed by atoms with E-state index in [-0.39, 0.29) is 11.7 Å². The summed E-state index contributed by atoms with van der Waals surface area (Å²) in [4.78, 5) is 14.6. The molecule has 0 bridgehead atoms. The van der Waals surface area contributed by atoms with Crippen LogP contribution in [0.2, 0.25) is 0 Å². The number of anilines is 1. The molecule has 0 spiro atoms. The molecular formula is C22H26N2O2. The van der Waals surface area contributed by atoms with Gasteiger partial charge in [0.1, 0.15) is 5.75 Å². The third-order valence-corrected chi connectivity index (χ3v) is 4.90. The SMILES string of the molecule is CCc1cccc(C)c1NC(=O)CN1CC=C(c2ccc(O)cc2)CC1. The molecule has 2 aromatic rings. The van der Waals surface area contributed by atoms with E-state index >= 15 is 0 Å². The number of hydrogen-bond donors (Lipinski definition) is 2. The molecule has 0 aromatic heterocycles.